The van der Waals surface area contributed by atoms with E-state index in [1.54, 1.807) is 0 Å². The van der Waals surface area contributed by atoms with Crippen molar-refractivity contribution in [1.29, 1.82) is 0 Å². The summed E-state index contributed by atoms with van der Waals surface area (Å²) in [5.74, 6) is 0.875. The number of allylic oxidation sites excluding steroid dienone is 3. The zero-order valence-electron chi connectivity index (χ0n) is 12.9. The molecule has 1 rings (SSSR count). The van der Waals surface area contributed by atoms with E-state index in [0.717, 1.165) is 24.2 Å². The molecule has 0 bridgehead atoms. The molecule has 0 radical (unpaired) electrons. The molecule has 0 aliphatic heterocycles. The van der Waals surface area contributed by atoms with E-state index in [9.17, 15) is 0 Å². The maximum atomic E-state index is 8.85. The Morgan fingerprint density at radius 2 is 1.80 bits per heavy atom. The third-order valence-electron chi connectivity index (χ3n) is 3.10. The quantitative estimate of drug-likeness (QED) is 0.716. The molecule has 0 fully saturated rings. The number of ether oxygens (including phenoxy) is 1. The zero-order chi connectivity index (χ0) is 14.8. The second-order valence-electron chi connectivity index (χ2n) is 5.30. The van der Waals surface area contributed by atoms with Crippen molar-refractivity contribution in [2.24, 2.45) is 0 Å². The van der Waals surface area contributed by atoms with Crippen LogP contribution in [-0.2, 0) is 6.42 Å². The van der Waals surface area contributed by atoms with Gasteiger partial charge < -0.3 is 9.84 Å². The summed E-state index contributed by atoms with van der Waals surface area (Å²) in [5, 5.41) is 8.85. The van der Waals surface area contributed by atoms with Crippen molar-refractivity contribution < 1.29 is 9.84 Å². The van der Waals surface area contributed by atoms with E-state index < -0.39 is 0 Å². The van der Waals surface area contributed by atoms with Gasteiger partial charge in [0.15, 0.2) is 0 Å². The summed E-state index contributed by atoms with van der Waals surface area (Å²) in [7, 11) is 0. The molecule has 0 unspecified atom stereocenters. The van der Waals surface area contributed by atoms with Crippen LogP contribution in [0.5, 0.6) is 5.75 Å². The minimum absolute atomic E-state index is 0.188. The van der Waals surface area contributed by atoms with Crippen LogP contribution >= 0.6 is 0 Å². The topological polar surface area (TPSA) is 29.5 Å². The van der Waals surface area contributed by atoms with Crippen molar-refractivity contribution in [1.82, 2.24) is 0 Å². The molecule has 0 saturated heterocycles. The molecule has 110 valence electrons. The van der Waals surface area contributed by atoms with E-state index in [4.69, 9.17) is 9.84 Å². The molecule has 2 nitrogen and oxygen atoms in total. The Morgan fingerprint density at radius 1 is 1.10 bits per heavy atom. The number of aliphatic hydroxyl groups is 1. The molecular weight excluding hydrogens is 248 g/mol. The van der Waals surface area contributed by atoms with Gasteiger partial charge in [0, 0.05) is 6.61 Å². The first kappa shape index (κ1) is 16.5. The third-order valence-corrected chi connectivity index (χ3v) is 3.10. The predicted molar refractivity (Wildman–Crippen MR) is 85.1 cm³/mol. The Kier molecular flexibility index (Phi) is 7.74. The Morgan fingerprint density at radius 3 is 2.40 bits per heavy atom. The lowest BCUT2D eigenvalue weighted by atomic mass is 10.1. The number of hydrogen-bond acceptors (Lipinski definition) is 2. The van der Waals surface area contributed by atoms with Gasteiger partial charge in [-0.3, -0.25) is 0 Å². The highest BCUT2D eigenvalue weighted by Crippen LogP contribution is 2.13. The molecule has 1 aromatic rings. The Hall–Kier alpha value is -1.54. The molecule has 0 aromatic heterocycles. The van der Waals surface area contributed by atoms with E-state index >= 15 is 0 Å². The average Bonchev–Trinajstić information content (AvgIpc) is 2.40. The predicted octanol–water partition coefficient (Wildman–Crippen LogP) is 4.29. The molecule has 0 amide bonds. The first-order valence-electron chi connectivity index (χ1n) is 7.23. The van der Waals surface area contributed by atoms with Crippen molar-refractivity contribution in [3.05, 3.63) is 53.1 Å². The second kappa shape index (κ2) is 9.38. The molecule has 0 saturated carbocycles. The maximum absolute atomic E-state index is 8.85. The molecule has 0 aliphatic rings. The van der Waals surface area contributed by atoms with E-state index in [2.05, 4.69) is 32.9 Å². The van der Waals surface area contributed by atoms with Gasteiger partial charge in [-0.15, -0.1) is 0 Å². The van der Waals surface area contributed by atoms with E-state index in [1.165, 1.54) is 11.1 Å². The van der Waals surface area contributed by atoms with E-state index in [-0.39, 0.29) is 6.61 Å². The van der Waals surface area contributed by atoms with Gasteiger partial charge in [-0.25, -0.2) is 0 Å². The summed E-state index contributed by atoms with van der Waals surface area (Å²) >= 11 is 0. The van der Waals surface area contributed by atoms with Gasteiger partial charge in [0.2, 0.25) is 0 Å². The van der Waals surface area contributed by atoms with Crippen molar-refractivity contribution in [3.63, 3.8) is 0 Å². The van der Waals surface area contributed by atoms with Gasteiger partial charge in [-0.05, 0) is 63.8 Å². The van der Waals surface area contributed by atoms with Crippen LogP contribution in [-0.4, -0.2) is 18.3 Å². The average molecular weight is 274 g/mol. The fourth-order valence-corrected chi connectivity index (χ4v) is 1.85. The van der Waals surface area contributed by atoms with Crippen molar-refractivity contribution >= 4 is 0 Å². The zero-order valence-corrected chi connectivity index (χ0v) is 12.9. The lowest BCUT2D eigenvalue weighted by molar-refractivity contribution is 0.299. The lowest BCUT2D eigenvalue weighted by Crippen LogP contribution is -1.96. The summed E-state index contributed by atoms with van der Waals surface area (Å²) in [6.07, 6.45) is 7.28. The van der Waals surface area contributed by atoms with Crippen LogP contribution in [0, 0.1) is 0 Å². The standard InChI is InChI=1S/C18H26O2/c1-15(2)5-4-6-16(3)12-14-20-18-9-7-17(8-10-18)11-13-19/h5,7-10,12,19H,4,6,11,13-14H2,1-3H3/b16-12+. The van der Waals surface area contributed by atoms with Crippen LogP contribution in [0.25, 0.3) is 0 Å². The van der Waals surface area contributed by atoms with Crippen molar-refractivity contribution in [3.8, 4) is 5.75 Å². The summed E-state index contributed by atoms with van der Waals surface area (Å²) in [6.45, 7) is 7.20. The van der Waals surface area contributed by atoms with Crippen LogP contribution in [0.1, 0.15) is 39.2 Å². The molecular formula is C18H26O2. The largest absolute Gasteiger partial charge is 0.490 e. The smallest absolute Gasteiger partial charge is 0.119 e. The van der Waals surface area contributed by atoms with Crippen LogP contribution < -0.4 is 4.74 Å². The monoisotopic (exact) mass is 274 g/mol. The molecule has 20 heavy (non-hydrogen) atoms. The minimum atomic E-state index is 0.188. The summed E-state index contributed by atoms with van der Waals surface area (Å²) in [6, 6.07) is 7.91. The fraction of sp³-hybridized carbons (Fsp3) is 0.444. The summed E-state index contributed by atoms with van der Waals surface area (Å²) in [4.78, 5) is 0. The number of aliphatic hydroxyl groups excluding tert-OH is 1. The van der Waals surface area contributed by atoms with Crippen LogP contribution in [0.4, 0.5) is 0 Å². The SMILES string of the molecule is CC(C)=CCC/C(C)=C/COc1ccc(CCO)cc1. The van der Waals surface area contributed by atoms with Gasteiger partial charge in [0.1, 0.15) is 12.4 Å². The Labute approximate surface area is 122 Å². The molecule has 0 aliphatic carbocycles. The highest BCUT2D eigenvalue weighted by Gasteiger charge is 1.95. The van der Waals surface area contributed by atoms with Gasteiger partial charge in [-0.1, -0.05) is 29.4 Å². The molecule has 2 heteroatoms. The highest BCUT2D eigenvalue weighted by atomic mass is 16.5. The van der Waals surface area contributed by atoms with Gasteiger partial charge in [0.05, 0.1) is 0 Å². The highest BCUT2D eigenvalue weighted by molar-refractivity contribution is 5.27. The molecule has 1 N–H and O–H groups in total. The normalized spacial score (nSPS) is 11.3. The first-order chi connectivity index (χ1) is 9.61. The van der Waals surface area contributed by atoms with Gasteiger partial charge in [-0.2, -0.15) is 0 Å². The van der Waals surface area contributed by atoms with Crippen molar-refractivity contribution in [2.45, 2.75) is 40.0 Å². The number of benzene rings is 1. The summed E-state index contributed by atoms with van der Waals surface area (Å²) < 4.78 is 5.68. The fourth-order valence-electron chi connectivity index (χ4n) is 1.85. The molecule has 0 spiro atoms. The van der Waals surface area contributed by atoms with E-state index in [1.807, 2.05) is 24.3 Å². The molecule has 0 atom stereocenters. The van der Waals surface area contributed by atoms with Crippen LogP contribution in [0.2, 0.25) is 0 Å². The lowest BCUT2D eigenvalue weighted by Gasteiger charge is -2.05. The summed E-state index contributed by atoms with van der Waals surface area (Å²) in [5.41, 5.74) is 3.87. The number of hydrogen-bond donors (Lipinski definition) is 1. The van der Waals surface area contributed by atoms with Gasteiger partial charge in [0.25, 0.3) is 0 Å². The van der Waals surface area contributed by atoms with Crippen molar-refractivity contribution in [2.75, 3.05) is 13.2 Å². The third kappa shape index (κ3) is 7.15. The Balaban J connectivity index is 2.33. The van der Waals surface area contributed by atoms with Gasteiger partial charge >= 0.3 is 0 Å². The second-order valence-corrected chi connectivity index (χ2v) is 5.30. The molecule has 1 aromatic carbocycles. The molecule has 0 heterocycles. The van der Waals surface area contributed by atoms with Crippen LogP contribution in [0.3, 0.4) is 0 Å². The maximum Gasteiger partial charge on any atom is 0.119 e. The Bertz CT molecular complexity index is 437. The number of rotatable bonds is 8. The first-order valence-corrected chi connectivity index (χ1v) is 7.23. The van der Waals surface area contributed by atoms with Crippen LogP contribution in [0.15, 0.2) is 47.6 Å². The minimum Gasteiger partial charge on any atom is -0.490 e. The van der Waals surface area contributed by atoms with E-state index in [0.29, 0.717) is 13.0 Å².